The van der Waals surface area contributed by atoms with E-state index in [1.165, 1.54) is 19.3 Å². The summed E-state index contributed by atoms with van der Waals surface area (Å²) in [6.45, 7) is 4.70. The van der Waals surface area contributed by atoms with Gasteiger partial charge in [0, 0.05) is 13.6 Å². The summed E-state index contributed by atoms with van der Waals surface area (Å²) >= 11 is 0. The Morgan fingerprint density at radius 1 is 1.40 bits per heavy atom. The number of hydrogen-bond acceptors (Lipinski definition) is 4. The number of amides is 1. The topological polar surface area (TPSA) is 70.6 Å². The second kappa shape index (κ2) is 9.32. The largest absolute Gasteiger partial charge is 0.389 e. The zero-order chi connectivity index (χ0) is 15.0. The molecule has 0 radical (unpaired) electrons. The summed E-state index contributed by atoms with van der Waals surface area (Å²) < 4.78 is 5.88. The molecular weight excluding hydrogens is 256 g/mol. The van der Waals surface area contributed by atoms with Crippen molar-refractivity contribution in [2.24, 2.45) is 5.92 Å². The van der Waals surface area contributed by atoms with E-state index in [0.29, 0.717) is 25.2 Å². The quantitative estimate of drug-likeness (QED) is 0.624. The van der Waals surface area contributed by atoms with Crippen molar-refractivity contribution in [1.82, 2.24) is 10.6 Å². The zero-order valence-electron chi connectivity index (χ0n) is 13.0. The van der Waals surface area contributed by atoms with Gasteiger partial charge in [-0.25, -0.2) is 0 Å². The first kappa shape index (κ1) is 17.4. The average molecular weight is 286 g/mol. The van der Waals surface area contributed by atoms with Gasteiger partial charge in [0.05, 0.1) is 24.9 Å². The molecule has 0 aromatic heterocycles. The van der Waals surface area contributed by atoms with Crippen molar-refractivity contribution in [2.75, 3.05) is 20.2 Å². The molecule has 4 unspecified atom stereocenters. The highest BCUT2D eigenvalue weighted by atomic mass is 16.5. The number of carbonyl (C=O) groups is 1. The van der Waals surface area contributed by atoms with Gasteiger partial charge < -0.3 is 20.5 Å². The van der Waals surface area contributed by atoms with Crippen LogP contribution in [-0.4, -0.2) is 49.5 Å². The van der Waals surface area contributed by atoms with Crippen LogP contribution >= 0.6 is 0 Å². The minimum absolute atomic E-state index is 0.0727. The van der Waals surface area contributed by atoms with Gasteiger partial charge in [-0.15, -0.1) is 0 Å². The molecule has 1 rings (SSSR count). The molecule has 5 heteroatoms. The minimum atomic E-state index is -0.568. The molecule has 0 saturated heterocycles. The van der Waals surface area contributed by atoms with E-state index >= 15 is 0 Å². The van der Waals surface area contributed by atoms with E-state index in [9.17, 15) is 9.90 Å². The highest BCUT2D eigenvalue weighted by molar-refractivity contribution is 5.80. The van der Waals surface area contributed by atoms with Gasteiger partial charge in [-0.2, -0.15) is 0 Å². The molecule has 20 heavy (non-hydrogen) atoms. The number of rotatable bonds is 8. The molecule has 0 bridgehead atoms. The zero-order valence-corrected chi connectivity index (χ0v) is 13.0. The van der Waals surface area contributed by atoms with Crippen LogP contribution < -0.4 is 10.6 Å². The maximum absolute atomic E-state index is 11.3. The van der Waals surface area contributed by atoms with Crippen LogP contribution in [0.15, 0.2) is 0 Å². The Balaban J connectivity index is 2.21. The van der Waals surface area contributed by atoms with E-state index < -0.39 is 6.10 Å². The smallest absolute Gasteiger partial charge is 0.236 e. The predicted octanol–water partition coefficient (Wildman–Crippen LogP) is 1.06. The van der Waals surface area contributed by atoms with E-state index in [4.69, 9.17) is 4.74 Å². The lowest BCUT2D eigenvalue weighted by Gasteiger charge is -2.31. The second-order valence-electron chi connectivity index (χ2n) is 5.72. The van der Waals surface area contributed by atoms with Crippen LogP contribution in [-0.2, 0) is 9.53 Å². The Morgan fingerprint density at radius 3 is 2.75 bits per heavy atom. The van der Waals surface area contributed by atoms with Crippen LogP contribution in [0.5, 0.6) is 0 Å². The van der Waals surface area contributed by atoms with Crippen LogP contribution in [0.25, 0.3) is 0 Å². The van der Waals surface area contributed by atoms with Crippen molar-refractivity contribution in [3.05, 3.63) is 0 Å². The lowest BCUT2D eigenvalue weighted by Crippen LogP contribution is -2.44. The minimum Gasteiger partial charge on any atom is -0.389 e. The van der Waals surface area contributed by atoms with Crippen molar-refractivity contribution in [2.45, 2.75) is 64.2 Å². The maximum Gasteiger partial charge on any atom is 0.236 e. The number of hydrogen-bond donors (Lipinski definition) is 3. The molecule has 0 aromatic carbocycles. The molecule has 3 N–H and O–H groups in total. The summed E-state index contributed by atoms with van der Waals surface area (Å²) in [6.07, 6.45) is 5.74. The average Bonchev–Trinajstić information content (AvgIpc) is 2.49. The number of ether oxygens (including phenoxy) is 1. The standard InChI is InChI=1S/C15H30N2O3/c1-4-12-7-5-6-8-14(12)20-10-13(18)9-17-11(2)15(19)16-3/h11-14,17-18H,4-10H2,1-3H3,(H,16,19). The molecule has 0 spiro atoms. The highest BCUT2D eigenvalue weighted by Crippen LogP contribution is 2.29. The molecule has 0 heterocycles. The third-order valence-corrected chi connectivity index (χ3v) is 4.17. The fraction of sp³-hybridized carbons (Fsp3) is 0.933. The van der Waals surface area contributed by atoms with Crippen LogP contribution in [0.3, 0.4) is 0 Å². The van der Waals surface area contributed by atoms with Gasteiger partial charge in [0.2, 0.25) is 5.91 Å². The van der Waals surface area contributed by atoms with E-state index in [1.807, 2.05) is 0 Å². The van der Waals surface area contributed by atoms with Gasteiger partial charge in [0.25, 0.3) is 0 Å². The fourth-order valence-corrected chi connectivity index (χ4v) is 2.78. The van der Waals surface area contributed by atoms with Crippen LogP contribution in [0, 0.1) is 5.92 Å². The first-order valence-corrected chi connectivity index (χ1v) is 7.83. The Morgan fingerprint density at radius 2 is 2.10 bits per heavy atom. The first-order chi connectivity index (χ1) is 9.58. The van der Waals surface area contributed by atoms with Gasteiger partial charge in [-0.3, -0.25) is 4.79 Å². The van der Waals surface area contributed by atoms with E-state index in [1.54, 1.807) is 14.0 Å². The number of aliphatic hydroxyl groups is 1. The maximum atomic E-state index is 11.3. The van der Waals surface area contributed by atoms with Crippen LogP contribution in [0.2, 0.25) is 0 Å². The van der Waals surface area contributed by atoms with Crippen molar-refractivity contribution >= 4 is 5.91 Å². The van der Waals surface area contributed by atoms with Gasteiger partial charge in [-0.05, 0) is 25.7 Å². The normalized spacial score (nSPS) is 26.0. The third-order valence-electron chi connectivity index (χ3n) is 4.17. The van der Waals surface area contributed by atoms with Gasteiger partial charge in [0.15, 0.2) is 0 Å². The van der Waals surface area contributed by atoms with Crippen molar-refractivity contribution in [1.29, 1.82) is 0 Å². The monoisotopic (exact) mass is 286 g/mol. The summed E-state index contributed by atoms with van der Waals surface area (Å²) in [5.74, 6) is 0.560. The molecule has 1 aliphatic rings. The lowest BCUT2D eigenvalue weighted by atomic mass is 9.85. The van der Waals surface area contributed by atoms with Crippen molar-refractivity contribution in [3.63, 3.8) is 0 Å². The Labute approximate surface area is 122 Å². The number of nitrogens with one attached hydrogen (secondary N) is 2. The number of aliphatic hydroxyl groups excluding tert-OH is 1. The van der Waals surface area contributed by atoms with Gasteiger partial charge >= 0.3 is 0 Å². The highest BCUT2D eigenvalue weighted by Gasteiger charge is 2.25. The lowest BCUT2D eigenvalue weighted by molar-refractivity contribution is -0.122. The molecule has 5 nitrogen and oxygen atoms in total. The summed E-state index contributed by atoms with van der Waals surface area (Å²) in [7, 11) is 1.61. The summed E-state index contributed by atoms with van der Waals surface area (Å²) in [4.78, 5) is 11.3. The van der Waals surface area contributed by atoms with Gasteiger partial charge in [0.1, 0.15) is 0 Å². The van der Waals surface area contributed by atoms with Crippen LogP contribution in [0.4, 0.5) is 0 Å². The molecule has 1 fully saturated rings. The number of likely N-dealkylation sites (N-methyl/N-ethyl adjacent to an activating group) is 1. The molecule has 0 aliphatic heterocycles. The Kier molecular flexibility index (Phi) is 8.11. The molecule has 1 aliphatic carbocycles. The summed E-state index contributed by atoms with van der Waals surface area (Å²) in [6, 6.07) is -0.298. The summed E-state index contributed by atoms with van der Waals surface area (Å²) in [5, 5.41) is 15.5. The Bertz CT molecular complexity index is 286. The van der Waals surface area contributed by atoms with E-state index in [0.717, 1.165) is 12.8 Å². The second-order valence-corrected chi connectivity index (χ2v) is 5.72. The molecule has 1 amide bonds. The van der Waals surface area contributed by atoms with Crippen molar-refractivity contribution in [3.8, 4) is 0 Å². The molecule has 0 aromatic rings. The van der Waals surface area contributed by atoms with Gasteiger partial charge in [-0.1, -0.05) is 26.2 Å². The fourth-order valence-electron chi connectivity index (χ4n) is 2.78. The third kappa shape index (κ3) is 5.77. The van der Waals surface area contributed by atoms with Crippen LogP contribution in [0.1, 0.15) is 46.0 Å². The first-order valence-electron chi connectivity index (χ1n) is 7.83. The van der Waals surface area contributed by atoms with E-state index in [2.05, 4.69) is 17.6 Å². The van der Waals surface area contributed by atoms with E-state index in [-0.39, 0.29) is 11.9 Å². The Hall–Kier alpha value is -0.650. The SMILES string of the molecule is CCC1CCCCC1OCC(O)CNC(C)C(=O)NC. The molecule has 1 saturated carbocycles. The molecular formula is C15H30N2O3. The predicted molar refractivity (Wildman–Crippen MR) is 79.5 cm³/mol. The summed E-state index contributed by atoms with van der Waals surface area (Å²) in [5.41, 5.74) is 0. The number of carbonyl (C=O) groups excluding carboxylic acids is 1. The molecule has 4 atom stereocenters. The van der Waals surface area contributed by atoms with Crippen molar-refractivity contribution < 1.29 is 14.6 Å². The molecule has 118 valence electrons.